The Morgan fingerprint density at radius 2 is 2.37 bits per heavy atom. The molecule has 0 aromatic carbocycles. The van der Waals surface area contributed by atoms with E-state index in [1.807, 2.05) is 18.5 Å². The molecule has 1 saturated heterocycles. The van der Waals surface area contributed by atoms with Gasteiger partial charge in [-0.25, -0.2) is 0 Å². The number of hydrogen-bond acceptors (Lipinski definition) is 4. The predicted molar refractivity (Wildman–Crippen MR) is 73.6 cm³/mol. The molecule has 0 saturated carbocycles. The Kier molecular flexibility index (Phi) is 4.96. The maximum absolute atomic E-state index is 12.2. The predicted octanol–water partition coefficient (Wildman–Crippen LogP) is 1.22. The first-order valence-corrected chi connectivity index (χ1v) is 7.14. The van der Waals surface area contributed by atoms with Crippen LogP contribution >= 0.6 is 11.6 Å². The average molecular weight is 286 g/mol. The molecular formula is C13H20ClN3O2. The first-order chi connectivity index (χ1) is 9.17. The van der Waals surface area contributed by atoms with Crippen molar-refractivity contribution in [2.24, 2.45) is 0 Å². The second kappa shape index (κ2) is 6.50. The number of ether oxygens (including phenoxy) is 1. The van der Waals surface area contributed by atoms with Crippen molar-refractivity contribution in [2.45, 2.75) is 39.3 Å². The maximum Gasteiger partial charge on any atom is 0.168 e. The van der Waals surface area contributed by atoms with Crippen molar-refractivity contribution in [3.05, 3.63) is 16.4 Å². The minimum atomic E-state index is -0.366. The number of ketones is 1. The quantitative estimate of drug-likeness (QED) is 0.884. The third-order valence-electron chi connectivity index (χ3n) is 3.32. The number of halogens is 1. The van der Waals surface area contributed by atoms with Crippen LogP contribution in [-0.4, -0.2) is 41.4 Å². The average Bonchev–Trinajstić information content (AvgIpc) is 2.76. The molecule has 1 fully saturated rings. The molecule has 1 N–H and O–H groups in total. The standard InChI is InChI=1S/C13H20ClN3O2/c1-3-9-13(14)10(17(4-2)16-9)7-11(18)12-8-15-5-6-19-12/h12,15H,3-8H2,1-2H3. The highest BCUT2D eigenvalue weighted by Gasteiger charge is 2.25. The molecular weight excluding hydrogens is 266 g/mol. The second-order valence-electron chi connectivity index (χ2n) is 4.58. The molecule has 0 amide bonds. The molecule has 6 heteroatoms. The first kappa shape index (κ1) is 14.5. The Morgan fingerprint density at radius 3 is 2.95 bits per heavy atom. The lowest BCUT2D eigenvalue weighted by Gasteiger charge is -2.22. The molecule has 1 aliphatic rings. The number of nitrogens with one attached hydrogen (secondary N) is 1. The van der Waals surface area contributed by atoms with Gasteiger partial charge in [-0.15, -0.1) is 0 Å². The summed E-state index contributed by atoms with van der Waals surface area (Å²) in [5.41, 5.74) is 1.66. The molecule has 106 valence electrons. The van der Waals surface area contributed by atoms with Crippen molar-refractivity contribution >= 4 is 17.4 Å². The monoisotopic (exact) mass is 285 g/mol. The van der Waals surface area contributed by atoms with Gasteiger partial charge in [0.25, 0.3) is 0 Å². The molecule has 0 bridgehead atoms. The van der Waals surface area contributed by atoms with E-state index < -0.39 is 0 Å². The number of hydrogen-bond donors (Lipinski definition) is 1. The molecule has 0 aliphatic carbocycles. The number of carbonyl (C=O) groups excluding carboxylic acids is 1. The smallest absolute Gasteiger partial charge is 0.168 e. The second-order valence-corrected chi connectivity index (χ2v) is 4.96. The van der Waals surface area contributed by atoms with E-state index >= 15 is 0 Å². The SMILES string of the molecule is CCc1nn(CC)c(CC(=O)C2CNCCO2)c1Cl. The van der Waals surface area contributed by atoms with Crippen LogP contribution in [0.15, 0.2) is 0 Å². The van der Waals surface area contributed by atoms with Gasteiger partial charge in [-0.3, -0.25) is 9.48 Å². The van der Waals surface area contributed by atoms with Gasteiger partial charge in [-0.1, -0.05) is 18.5 Å². The highest BCUT2D eigenvalue weighted by atomic mass is 35.5. The van der Waals surface area contributed by atoms with Gasteiger partial charge in [0.1, 0.15) is 6.10 Å². The summed E-state index contributed by atoms with van der Waals surface area (Å²) in [5, 5.41) is 8.21. The highest BCUT2D eigenvalue weighted by Crippen LogP contribution is 2.22. The van der Waals surface area contributed by atoms with Crippen LogP contribution in [0.3, 0.4) is 0 Å². The number of rotatable bonds is 5. The van der Waals surface area contributed by atoms with Crippen LogP contribution in [-0.2, 0) is 28.9 Å². The fraction of sp³-hybridized carbons (Fsp3) is 0.692. The summed E-state index contributed by atoms with van der Waals surface area (Å²) >= 11 is 6.30. The minimum absolute atomic E-state index is 0.0614. The van der Waals surface area contributed by atoms with Crippen molar-refractivity contribution in [1.29, 1.82) is 0 Å². The van der Waals surface area contributed by atoms with Crippen LogP contribution in [0.1, 0.15) is 25.2 Å². The van der Waals surface area contributed by atoms with Crippen molar-refractivity contribution in [2.75, 3.05) is 19.7 Å². The first-order valence-electron chi connectivity index (χ1n) is 6.76. The summed E-state index contributed by atoms with van der Waals surface area (Å²) in [5.74, 6) is 0.0614. The van der Waals surface area contributed by atoms with Crippen LogP contribution in [0.25, 0.3) is 0 Å². The lowest BCUT2D eigenvalue weighted by Crippen LogP contribution is -2.43. The summed E-state index contributed by atoms with van der Waals surface area (Å²) in [6, 6.07) is 0. The van der Waals surface area contributed by atoms with Crippen LogP contribution in [0, 0.1) is 0 Å². The summed E-state index contributed by atoms with van der Waals surface area (Å²) < 4.78 is 7.29. The van der Waals surface area contributed by atoms with Crippen molar-refractivity contribution in [3.8, 4) is 0 Å². The zero-order valence-corrected chi connectivity index (χ0v) is 12.2. The molecule has 2 rings (SSSR count). The van der Waals surface area contributed by atoms with E-state index in [1.165, 1.54) is 0 Å². The number of nitrogens with zero attached hydrogens (tertiary/aromatic N) is 2. The largest absolute Gasteiger partial charge is 0.368 e. The van der Waals surface area contributed by atoms with Gasteiger partial charge in [0.05, 0.1) is 29.4 Å². The van der Waals surface area contributed by atoms with Crippen molar-refractivity contribution in [3.63, 3.8) is 0 Å². The molecule has 1 aliphatic heterocycles. The summed E-state index contributed by atoms with van der Waals surface area (Å²) in [6.07, 6.45) is 0.690. The third-order valence-corrected chi connectivity index (χ3v) is 3.76. The third kappa shape index (κ3) is 3.16. The van der Waals surface area contributed by atoms with Gasteiger partial charge in [-0.05, 0) is 13.3 Å². The van der Waals surface area contributed by atoms with Crippen LogP contribution in [0.4, 0.5) is 0 Å². The number of carbonyl (C=O) groups is 1. The van der Waals surface area contributed by atoms with E-state index in [-0.39, 0.29) is 18.3 Å². The topological polar surface area (TPSA) is 56.2 Å². The Labute approximate surface area is 118 Å². The number of aromatic nitrogens is 2. The number of Topliss-reactive ketones (excluding diaryl/α,β-unsaturated/α-hetero) is 1. The zero-order chi connectivity index (χ0) is 13.8. The molecule has 19 heavy (non-hydrogen) atoms. The van der Waals surface area contributed by atoms with E-state index in [2.05, 4.69) is 10.4 Å². The van der Waals surface area contributed by atoms with Gasteiger partial charge in [0.15, 0.2) is 5.78 Å². The Bertz CT molecular complexity index is 453. The summed E-state index contributed by atoms with van der Waals surface area (Å²) in [7, 11) is 0. The van der Waals surface area contributed by atoms with E-state index in [0.717, 1.165) is 24.4 Å². The molecule has 2 heterocycles. The molecule has 1 aromatic heterocycles. The molecule has 5 nitrogen and oxygen atoms in total. The Morgan fingerprint density at radius 1 is 1.58 bits per heavy atom. The van der Waals surface area contributed by atoms with Crippen molar-refractivity contribution in [1.82, 2.24) is 15.1 Å². The lowest BCUT2D eigenvalue weighted by molar-refractivity contribution is -0.131. The van der Waals surface area contributed by atoms with Gasteiger partial charge in [-0.2, -0.15) is 5.10 Å². The van der Waals surface area contributed by atoms with E-state index in [4.69, 9.17) is 16.3 Å². The van der Waals surface area contributed by atoms with Gasteiger partial charge in [0, 0.05) is 19.6 Å². The zero-order valence-electron chi connectivity index (χ0n) is 11.4. The molecule has 0 radical (unpaired) electrons. The van der Waals surface area contributed by atoms with Crippen LogP contribution in [0.5, 0.6) is 0 Å². The van der Waals surface area contributed by atoms with E-state index in [9.17, 15) is 4.79 Å². The normalized spacial score (nSPS) is 19.6. The van der Waals surface area contributed by atoms with Crippen molar-refractivity contribution < 1.29 is 9.53 Å². The lowest BCUT2D eigenvalue weighted by atomic mass is 10.1. The van der Waals surface area contributed by atoms with Gasteiger partial charge >= 0.3 is 0 Å². The fourth-order valence-electron chi connectivity index (χ4n) is 2.24. The maximum atomic E-state index is 12.2. The molecule has 1 atom stereocenters. The minimum Gasteiger partial charge on any atom is -0.368 e. The summed E-state index contributed by atoms with van der Waals surface area (Å²) in [4.78, 5) is 12.2. The van der Waals surface area contributed by atoms with E-state index in [1.54, 1.807) is 0 Å². The highest BCUT2D eigenvalue weighted by molar-refractivity contribution is 6.32. The molecule has 1 unspecified atom stereocenters. The van der Waals surface area contributed by atoms with Gasteiger partial charge in [0.2, 0.25) is 0 Å². The number of morpholine rings is 1. The fourth-order valence-corrected chi connectivity index (χ4v) is 2.57. The number of aryl methyl sites for hydroxylation is 2. The Balaban J connectivity index is 2.13. The van der Waals surface area contributed by atoms with E-state index in [0.29, 0.717) is 24.7 Å². The molecule has 0 spiro atoms. The van der Waals surface area contributed by atoms with Crippen LogP contribution < -0.4 is 5.32 Å². The Hall–Kier alpha value is -0.910. The summed E-state index contributed by atoms with van der Waals surface area (Å²) in [6.45, 7) is 6.68. The molecule has 1 aromatic rings. The van der Waals surface area contributed by atoms with Gasteiger partial charge < -0.3 is 10.1 Å². The van der Waals surface area contributed by atoms with Crippen LogP contribution in [0.2, 0.25) is 5.02 Å².